The summed E-state index contributed by atoms with van der Waals surface area (Å²) in [6.07, 6.45) is 0. The maximum atomic E-state index is 10.1. The predicted molar refractivity (Wildman–Crippen MR) is 68.4 cm³/mol. The van der Waals surface area contributed by atoms with Gasteiger partial charge in [0, 0.05) is 6.54 Å². The molecule has 100 valence electrons. The monoisotopic (exact) mass is 254 g/mol. The van der Waals surface area contributed by atoms with Gasteiger partial charge in [-0.05, 0) is 33.7 Å². The largest absolute Gasteiger partial charge is 0.308 e. The second kappa shape index (κ2) is 10.0. The third kappa shape index (κ3) is 16.3. The van der Waals surface area contributed by atoms with Crippen LogP contribution in [0.3, 0.4) is 0 Å². The lowest BCUT2D eigenvalue weighted by molar-refractivity contribution is 0.321. The third-order valence-electron chi connectivity index (χ3n) is 2.14. The molecule has 1 N–H and O–H groups in total. The first-order valence-corrected chi connectivity index (χ1v) is 7.19. The quantitative estimate of drug-likeness (QED) is 0.710. The fraction of sp³-hybridized carbons (Fsp3) is 1.00. The van der Waals surface area contributed by atoms with Crippen LogP contribution in [0.25, 0.3) is 0 Å². The Morgan fingerprint density at radius 2 is 1.38 bits per heavy atom. The van der Waals surface area contributed by atoms with Crippen molar-refractivity contribution in [2.24, 2.45) is 0 Å². The van der Waals surface area contributed by atoms with E-state index < -0.39 is 10.1 Å². The standard InChI is InChI=1S/C6H15N.C4H11NO3S/c1-4-7(5-2)6-3;1-5(2)3-4-9(6,7)8/h4-6H2,1-3H3;3-4H2,1-2H3,(H,6,7,8). The molecule has 0 aliphatic carbocycles. The molecular formula is C10H26N2O3S. The molecule has 0 aliphatic rings. The van der Waals surface area contributed by atoms with Crippen molar-refractivity contribution in [1.29, 1.82) is 0 Å². The molecule has 0 heterocycles. The zero-order chi connectivity index (χ0) is 13.2. The molecule has 0 rings (SSSR count). The van der Waals surface area contributed by atoms with Gasteiger partial charge in [-0.15, -0.1) is 0 Å². The van der Waals surface area contributed by atoms with Crippen LogP contribution < -0.4 is 0 Å². The van der Waals surface area contributed by atoms with Crippen LogP contribution in [0, 0.1) is 0 Å². The molecule has 0 aromatic heterocycles. The van der Waals surface area contributed by atoms with Crippen LogP contribution in [-0.4, -0.2) is 68.8 Å². The molecule has 0 bridgehead atoms. The first-order chi connectivity index (χ1) is 7.26. The summed E-state index contributed by atoms with van der Waals surface area (Å²) in [5.74, 6) is -0.194. The molecule has 6 heteroatoms. The molecule has 0 saturated heterocycles. The molecule has 0 fully saturated rings. The fourth-order valence-corrected chi connectivity index (χ4v) is 1.56. The Balaban J connectivity index is 0. The first kappa shape index (κ1) is 18.2. The molecule has 0 radical (unpaired) electrons. The van der Waals surface area contributed by atoms with Crippen molar-refractivity contribution < 1.29 is 13.0 Å². The summed E-state index contributed by atoms with van der Waals surface area (Å²) in [7, 11) is -0.278. The minimum atomic E-state index is -3.76. The van der Waals surface area contributed by atoms with Crippen LogP contribution in [0.15, 0.2) is 0 Å². The van der Waals surface area contributed by atoms with Crippen LogP contribution in [0.1, 0.15) is 20.8 Å². The summed E-state index contributed by atoms with van der Waals surface area (Å²) in [6.45, 7) is 10.5. The van der Waals surface area contributed by atoms with E-state index in [9.17, 15) is 8.42 Å². The van der Waals surface area contributed by atoms with Gasteiger partial charge in [0.05, 0.1) is 5.75 Å². The second-order valence-electron chi connectivity index (χ2n) is 3.71. The van der Waals surface area contributed by atoms with Crippen molar-refractivity contribution >= 4 is 10.1 Å². The highest BCUT2D eigenvalue weighted by Gasteiger charge is 2.03. The number of rotatable bonds is 6. The summed E-state index contributed by atoms with van der Waals surface area (Å²) in [4.78, 5) is 4.06. The topological polar surface area (TPSA) is 60.9 Å². The van der Waals surface area contributed by atoms with E-state index in [0.717, 1.165) is 0 Å². The van der Waals surface area contributed by atoms with Crippen molar-refractivity contribution in [3.63, 3.8) is 0 Å². The van der Waals surface area contributed by atoms with Crippen molar-refractivity contribution in [3.05, 3.63) is 0 Å². The Morgan fingerprint density at radius 3 is 1.44 bits per heavy atom. The van der Waals surface area contributed by atoms with E-state index in [1.807, 2.05) is 0 Å². The predicted octanol–water partition coefficient (Wildman–Crippen LogP) is 0.784. The lowest BCUT2D eigenvalue weighted by Gasteiger charge is -2.13. The van der Waals surface area contributed by atoms with Gasteiger partial charge in [-0.2, -0.15) is 8.42 Å². The number of nitrogens with zero attached hydrogens (tertiary/aromatic N) is 2. The maximum Gasteiger partial charge on any atom is 0.266 e. The smallest absolute Gasteiger partial charge is 0.266 e. The molecule has 0 unspecified atom stereocenters. The van der Waals surface area contributed by atoms with Crippen molar-refractivity contribution in [3.8, 4) is 0 Å². The highest BCUT2D eigenvalue weighted by Crippen LogP contribution is 1.82. The van der Waals surface area contributed by atoms with E-state index in [4.69, 9.17) is 4.55 Å². The second-order valence-corrected chi connectivity index (χ2v) is 5.28. The minimum Gasteiger partial charge on any atom is -0.308 e. The Labute approximate surface area is 100 Å². The molecule has 0 aromatic carbocycles. The zero-order valence-electron chi connectivity index (χ0n) is 11.1. The first-order valence-electron chi connectivity index (χ1n) is 5.59. The van der Waals surface area contributed by atoms with Crippen molar-refractivity contribution in [1.82, 2.24) is 9.80 Å². The number of hydrogen-bond acceptors (Lipinski definition) is 4. The van der Waals surface area contributed by atoms with Gasteiger partial charge in [-0.1, -0.05) is 20.8 Å². The number of hydrogen-bond donors (Lipinski definition) is 1. The van der Waals surface area contributed by atoms with E-state index in [1.54, 1.807) is 19.0 Å². The molecule has 0 aromatic rings. The maximum absolute atomic E-state index is 10.1. The van der Waals surface area contributed by atoms with E-state index in [1.165, 1.54) is 19.6 Å². The molecule has 0 saturated carbocycles. The summed E-state index contributed by atoms with van der Waals surface area (Å²) < 4.78 is 28.3. The van der Waals surface area contributed by atoms with E-state index in [0.29, 0.717) is 6.54 Å². The molecule has 0 amide bonds. The summed E-state index contributed by atoms with van der Waals surface area (Å²) in [5, 5.41) is 0. The van der Waals surface area contributed by atoms with Crippen molar-refractivity contribution in [2.45, 2.75) is 20.8 Å². The van der Waals surface area contributed by atoms with Gasteiger partial charge >= 0.3 is 0 Å². The Bertz CT molecular complexity index is 231. The van der Waals surface area contributed by atoms with E-state index in [2.05, 4.69) is 25.7 Å². The van der Waals surface area contributed by atoms with Gasteiger partial charge in [-0.25, -0.2) is 0 Å². The van der Waals surface area contributed by atoms with Gasteiger partial charge in [0.2, 0.25) is 0 Å². The van der Waals surface area contributed by atoms with Crippen LogP contribution in [-0.2, 0) is 10.1 Å². The molecule has 16 heavy (non-hydrogen) atoms. The Kier molecular flexibility index (Phi) is 11.4. The highest BCUT2D eigenvalue weighted by atomic mass is 32.2. The van der Waals surface area contributed by atoms with Crippen LogP contribution in [0.5, 0.6) is 0 Å². The highest BCUT2D eigenvalue weighted by molar-refractivity contribution is 7.85. The van der Waals surface area contributed by atoms with Gasteiger partial charge in [-0.3, -0.25) is 4.55 Å². The van der Waals surface area contributed by atoms with E-state index in [-0.39, 0.29) is 5.75 Å². The summed E-state index contributed by atoms with van der Waals surface area (Å²) >= 11 is 0. The molecule has 0 spiro atoms. The van der Waals surface area contributed by atoms with Crippen LogP contribution >= 0.6 is 0 Å². The van der Waals surface area contributed by atoms with Gasteiger partial charge < -0.3 is 9.80 Å². The summed E-state index contributed by atoms with van der Waals surface area (Å²) in [6, 6.07) is 0. The molecule has 0 aliphatic heterocycles. The van der Waals surface area contributed by atoms with Crippen molar-refractivity contribution in [2.75, 3.05) is 46.0 Å². The normalized spacial score (nSPS) is 11.5. The lowest BCUT2D eigenvalue weighted by atomic mass is 10.5. The average Bonchev–Trinajstić information content (AvgIpc) is 2.18. The zero-order valence-corrected chi connectivity index (χ0v) is 11.9. The third-order valence-corrected chi connectivity index (χ3v) is 2.84. The van der Waals surface area contributed by atoms with Gasteiger partial charge in [0.25, 0.3) is 10.1 Å². The average molecular weight is 254 g/mol. The minimum absolute atomic E-state index is 0.194. The van der Waals surface area contributed by atoms with E-state index >= 15 is 0 Å². The Morgan fingerprint density at radius 1 is 1.00 bits per heavy atom. The molecule has 5 nitrogen and oxygen atoms in total. The Hall–Kier alpha value is -0.170. The molecule has 0 atom stereocenters. The lowest BCUT2D eigenvalue weighted by Crippen LogP contribution is -2.21. The van der Waals surface area contributed by atoms with Gasteiger partial charge in [0.1, 0.15) is 0 Å². The SMILES string of the molecule is CCN(CC)CC.CN(C)CCS(=O)(=O)O. The molecular weight excluding hydrogens is 228 g/mol. The van der Waals surface area contributed by atoms with Crippen LogP contribution in [0.4, 0.5) is 0 Å². The van der Waals surface area contributed by atoms with Gasteiger partial charge in [0.15, 0.2) is 0 Å². The summed E-state index contributed by atoms with van der Waals surface area (Å²) in [5.41, 5.74) is 0. The fourth-order valence-electron chi connectivity index (χ4n) is 0.969. The van der Waals surface area contributed by atoms with Crippen LogP contribution in [0.2, 0.25) is 0 Å².